The third-order valence-corrected chi connectivity index (χ3v) is 18.4. The summed E-state index contributed by atoms with van der Waals surface area (Å²) in [7, 11) is 0. The minimum atomic E-state index is -1.98. The fraction of sp³-hybridized carbons (Fsp3) is 0.903. The van der Waals surface area contributed by atoms with Crippen molar-refractivity contribution in [2.75, 3.05) is 26.4 Å². The summed E-state index contributed by atoms with van der Waals surface area (Å²) >= 11 is 0. The lowest BCUT2D eigenvalue weighted by Gasteiger charge is -2.48. The molecule has 1 amide bonds. The van der Waals surface area contributed by atoms with Gasteiger partial charge in [-0.25, -0.2) is 0 Å². The Morgan fingerprint density at radius 3 is 1.10 bits per heavy atom. The maximum absolute atomic E-state index is 13.4. The summed E-state index contributed by atoms with van der Waals surface area (Å²) in [5.74, 6) is -0.287. The molecular formula is C72H133NO18. The van der Waals surface area contributed by atoms with Gasteiger partial charge in [-0.1, -0.05) is 269 Å². The van der Waals surface area contributed by atoms with Gasteiger partial charge >= 0.3 is 0 Å². The molecular weight excluding hydrogens is 1170 g/mol. The van der Waals surface area contributed by atoms with E-state index in [-0.39, 0.29) is 18.9 Å². The number of hydrogen-bond acceptors (Lipinski definition) is 18. The molecule has 19 nitrogen and oxygen atoms in total. The van der Waals surface area contributed by atoms with Crippen molar-refractivity contribution in [1.82, 2.24) is 5.32 Å². The van der Waals surface area contributed by atoms with Crippen LogP contribution in [-0.2, 0) is 33.2 Å². The summed E-state index contributed by atoms with van der Waals surface area (Å²) < 4.78 is 34.3. The van der Waals surface area contributed by atoms with Gasteiger partial charge in [0.15, 0.2) is 18.9 Å². The Labute approximate surface area is 549 Å². The summed E-state index contributed by atoms with van der Waals surface area (Å²) in [6, 6.07) is -0.994. The van der Waals surface area contributed by atoms with Crippen molar-refractivity contribution < 1.29 is 89.4 Å². The van der Waals surface area contributed by atoms with Crippen molar-refractivity contribution in [1.29, 1.82) is 0 Å². The van der Waals surface area contributed by atoms with Gasteiger partial charge in [0, 0.05) is 6.42 Å². The number of ether oxygens (including phenoxy) is 6. The number of carbonyl (C=O) groups excluding carboxylic acids is 1. The molecule has 19 heteroatoms. The molecule has 0 aromatic rings. The average molecular weight is 1300 g/mol. The zero-order valence-electron chi connectivity index (χ0n) is 56.6. The summed E-state index contributed by atoms with van der Waals surface area (Å²) in [5, 5.41) is 120. The summed E-state index contributed by atoms with van der Waals surface area (Å²) in [6.07, 6.45) is 37.2. The van der Waals surface area contributed by atoms with Gasteiger partial charge in [-0.3, -0.25) is 4.79 Å². The highest BCUT2D eigenvalue weighted by Crippen LogP contribution is 2.33. The van der Waals surface area contributed by atoms with Gasteiger partial charge in [-0.05, 0) is 44.9 Å². The van der Waals surface area contributed by atoms with Crippen LogP contribution in [0.25, 0.3) is 0 Å². The molecule has 91 heavy (non-hydrogen) atoms. The van der Waals surface area contributed by atoms with E-state index in [0.29, 0.717) is 12.8 Å². The molecule has 17 atom stereocenters. The largest absolute Gasteiger partial charge is 0.394 e. The quantitative estimate of drug-likeness (QED) is 0.0199. The first-order valence-corrected chi connectivity index (χ1v) is 36.7. The van der Waals surface area contributed by atoms with Gasteiger partial charge in [0.2, 0.25) is 5.91 Å². The molecule has 3 aliphatic rings. The van der Waals surface area contributed by atoms with Crippen LogP contribution in [0.1, 0.15) is 284 Å². The highest BCUT2D eigenvalue weighted by atomic mass is 16.8. The van der Waals surface area contributed by atoms with E-state index in [1.807, 2.05) is 6.08 Å². The number of rotatable bonds is 57. The van der Waals surface area contributed by atoms with E-state index < -0.39 is 124 Å². The van der Waals surface area contributed by atoms with Crippen LogP contribution in [0, 0.1) is 0 Å². The van der Waals surface area contributed by atoms with Crippen LogP contribution in [0.4, 0.5) is 0 Å². The molecule has 0 aromatic carbocycles. The van der Waals surface area contributed by atoms with E-state index in [4.69, 9.17) is 28.4 Å². The van der Waals surface area contributed by atoms with Crippen LogP contribution in [0.15, 0.2) is 36.5 Å². The second-order valence-electron chi connectivity index (χ2n) is 26.4. The van der Waals surface area contributed by atoms with E-state index in [2.05, 4.69) is 43.5 Å². The fourth-order valence-corrected chi connectivity index (χ4v) is 12.5. The fourth-order valence-electron chi connectivity index (χ4n) is 12.5. The predicted molar refractivity (Wildman–Crippen MR) is 356 cm³/mol. The Morgan fingerprint density at radius 1 is 0.385 bits per heavy atom. The summed E-state index contributed by atoms with van der Waals surface area (Å²) in [5.41, 5.74) is 0. The second kappa shape index (κ2) is 54.1. The van der Waals surface area contributed by atoms with Crippen LogP contribution in [0.3, 0.4) is 0 Å². The standard InChI is InChI=1S/C72H133NO18/c1-3-5-7-9-11-13-15-17-19-20-21-22-23-24-25-26-27-28-29-30-31-32-33-34-35-36-37-39-41-43-45-47-49-56(77)55(73-60(78)50-48-46-44-42-40-38-18-16-14-12-10-8-6-4-2)54-86-70-66(84)63(81)68(58(52-75)88-70)91-72-67(85)64(82)69(59(53-76)89-72)90-71-65(83)62(80)61(79)57(51-74)87-71/h34-35,39,41,47,49,55-59,61-72,74-77,79-85H,3-33,36-38,40,42-46,48,50-54H2,1-2H3,(H,73,78)/b35-34+,41-39+,49-47+. The molecule has 12 N–H and O–H groups in total. The molecule has 3 saturated heterocycles. The van der Waals surface area contributed by atoms with E-state index in [0.717, 1.165) is 44.9 Å². The Balaban J connectivity index is 1.39. The number of aliphatic hydroxyl groups excluding tert-OH is 11. The monoisotopic (exact) mass is 1300 g/mol. The molecule has 0 spiro atoms. The maximum Gasteiger partial charge on any atom is 0.220 e. The van der Waals surface area contributed by atoms with Crippen LogP contribution < -0.4 is 5.32 Å². The van der Waals surface area contributed by atoms with Gasteiger partial charge < -0.3 is 89.9 Å². The third kappa shape index (κ3) is 35.7. The number of allylic oxidation sites excluding steroid dienone is 5. The van der Waals surface area contributed by atoms with Crippen molar-refractivity contribution >= 4 is 5.91 Å². The van der Waals surface area contributed by atoms with E-state index in [1.165, 1.54) is 205 Å². The van der Waals surface area contributed by atoms with Crippen molar-refractivity contribution in [3.63, 3.8) is 0 Å². The van der Waals surface area contributed by atoms with Crippen molar-refractivity contribution in [3.8, 4) is 0 Å². The molecule has 0 bridgehead atoms. The lowest BCUT2D eigenvalue weighted by Crippen LogP contribution is -2.66. The minimum absolute atomic E-state index is 0.235. The van der Waals surface area contributed by atoms with Crippen LogP contribution >= 0.6 is 0 Å². The molecule has 3 aliphatic heterocycles. The third-order valence-electron chi connectivity index (χ3n) is 18.4. The number of hydrogen-bond donors (Lipinski definition) is 12. The van der Waals surface area contributed by atoms with Gasteiger partial charge in [0.25, 0.3) is 0 Å². The smallest absolute Gasteiger partial charge is 0.220 e. The number of carbonyl (C=O) groups is 1. The second-order valence-corrected chi connectivity index (χ2v) is 26.4. The van der Waals surface area contributed by atoms with Crippen LogP contribution in [0.2, 0.25) is 0 Å². The normalized spacial score (nSPS) is 28.0. The van der Waals surface area contributed by atoms with Gasteiger partial charge in [-0.15, -0.1) is 0 Å². The van der Waals surface area contributed by atoms with Gasteiger partial charge in [0.05, 0.1) is 38.6 Å². The van der Waals surface area contributed by atoms with Crippen LogP contribution in [-0.4, -0.2) is 193 Å². The maximum atomic E-state index is 13.4. The topological polar surface area (TPSA) is 307 Å². The van der Waals surface area contributed by atoms with E-state index in [1.54, 1.807) is 6.08 Å². The molecule has 0 aromatic heterocycles. The Bertz CT molecular complexity index is 1790. The highest BCUT2D eigenvalue weighted by Gasteiger charge is 2.53. The lowest BCUT2D eigenvalue weighted by atomic mass is 9.96. The van der Waals surface area contributed by atoms with Gasteiger partial charge in [-0.2, -0.15) is 0 Å². The Kier molecular flexibility index (Phi) is 49.5. The summed E-state index contributed by atoms with van der Waals surface area (Å²) in [6.45, 7) is 1.73. The van der Waals surface area contributed by atoms with Crippen molar-refractivity contribution in [2.24, 2.45) is 0 Å². The lowest BCUT2D eigenvalue weighted by molar-refractivity contribution is -0.379. The van der Waals surface area contributed by atoms with E-state index >= 15 is 0 Å². The summed E-state index contributed by atoms with van der Waals surface area (Å²) in [4.78, 5) is 13.4. The molecule has 17 unspecified atom stereocenters. The molecule has 3 heterocycles. The number of amides is 1. The average Bonchev–Trinajstić information content (AvgIpc) is 0.889. The highest BCUT2D eigenvalue weighted by molar-refractivity contribution is 5.76. The zero-order chi connectivity index (χ0) is 66.1. The predicted octanol–water partition coefficient (Wildman–Crippen LogP) is 10.4. The first-order chi connectivity index (χ1) is 44.3. The van der Waals surface area contributed by atoms with Gasteiger partial charge in [0.1, 0.15) is 73.2 Å². The Hall–Kier alpha value is -1.99. The molecule has 3 rings (SSSR count). The van der Waals surface area contributed by atoms with Crippen molar-refractivity contribution in [2.45, 2.75) is 388 Å². The molecule has 0 aliphatic carbocycles. The first kappa shape index (κ1) is 83.2. The SMILES string of the molecule is CCCCCCCCCCCCCCCCCCCCCCCC/C=C/CC/C=C/CC/C=C/C(O)C(COC1OC(CO)C(OC2OC(CO)C(OC3OC(CO)C(O)C(O)C3O)C(O)C2O)C(O)C1O)NC(=O)CCCCCCCCCCCCCCCC. The molecule has 0 saturated carbocycles. The zero-order valence-corrected chi connectivity index (χ0v) is 56.6. The Morgan fingerprint density at radius 2 is 0.703 bits per heavy atom. The first-order valence-electron chi connectivity index (χ1n) is 36.7. The minimum Gasteiger partial charge on any atom is -0.394 e. The molecule has 534 valence electrons. The molecule has 3 fully saturated rings. The van der Waals surface area contributed by atoms with E-state index in [9.17, 15) is 61.0 Å². The number of unbranched alkanes of at least 4 members (excludes halogenated alkanes) is 37. The molecule has 0 radical (unpaired) electrons. The van der Waals surface area contributed by atoms with Crippen LogP contribution in [0.5, 0.6) is 0 Å². The van der Waals surface area contributed by atoms with Crippen molar-refractivity contribution in [3.05, 3.63) is 36.5 Å². The number of aliphatic hydroxyl groups is 11. The number of nitrogens with one attached hydrogen (secondary N) is 1.